The molecule has 1 aliphatic rings. The summed E-state index contributed by atoms with van der Waals surface area (Å²) in [5.74, 6) is -2.26. The van der Waals surface area contributed by atoms with Gasteiger partial charge in [-0.15, -0.1) is 0 Å². The monoisotopic (exact) mass is 416 g/mol. The van der Waals surface area contributed by atoms with E-state index in [4.69, 9.17) is 4.74 Å². The quantitative estimate of drug-likeness (QED) is 0.724. The number of hydrogen-bond acceptors (Lipinski definition) is 4. The molecule has 1 aliphatic heterocycles. The molecule has 2 aromatic rings. The van der Waals surface area contributed by atoms with Gasteiger partial charge in [-0.1, -0.05) is 24.6 Å². The predicted molar refractivity (Wildman–Crippen MR) is 109 cm³/mol. The van der Waals surface area contributed by atoms with Crippen molar-refractivity contribution in [1.82, 2.24) is 10.2 Å². The van der Waals surface area contributed by atoms with Gasteiger partial charge in [0.1, 0.15) is 0 Å². The summed E-state index contributed by atoms with van der Waals surface area (Å²) >= 11 is 0. The Kier molecular flexibility index (Phi) is 7.15. The van der Waals surface area contributed by atoms with Crippen LogP contribution in [0.4, 0.5) is 8.78 Å². The number of esters is 1. The molecule has 2 aromatic carbocycles. The van der Waals surface area contributed by atoms with Crippen LogP contribution in [0.3, 0.4) is 0 Å². The van der Waals surface area contributed by atoms with Gasteiger partial charge < -0.3 is 10.1 Å². The number of rotatable bonds is 6. The molecule has 1 saturated heterocycles. The molecule has 160 valence electrons. The predicted octanol–water partition coefficient (Wildman–Crippen LogP) is 3.98. The van der Waals surface area contributed by atoms with E-state index in [9.17, 15) is 18.4 Å². The number of benzene rings is 2. The highest BCUT2D eigenvalue weighted by atomic mass is 19.2. The maximum absolute atomic E-state index is 13.5. The molecular formula is C23H26F2N2O3. The van der Waals surface area contributed by atoms with Crippen molar-refractivity contribution in [3.8, 4) is 0 Å². The average Bonchev–Trinajstić information content (AvgIpc) is 2.76. The van der Waals surface area contributed by atoms with Crippen LogP contribution in [0.1, 0.15) is 53.7 Å². The van der Waals surface area contributed by atoms with Crippen LogP contribution in [0.15, 0.2) is 42.5 Å². The van der Waals surface area contributed by atoms with Crippen molar-refractivity contribution in [3.05, 3.63) is 70.8 Å². The average molecular weight is 416 g/mol. The zero-order chi connectivity index (χ0) is 21.7. The summed E-state index contributed by atoms with van der Waals surface area (Å²) in [6, 6.07) is 10.2. The molecule has 3 rings (SSSR count). The lowest BCUT2D eigenvalue weighted by Crippen LogP contribution is -2.49. The number of amides is 1. The largest absolute Gasteiger partial charge is 0.465 e. The molecule has 1 unspecified atom stereocenters. The minimum Gasteiger partial charge on any atom is -0.465 e. The van der Waals surface area contributed by atoms with Gasteiger partial charge in [-0.3, -0.25) is 9.69 Å². The highest BCUT2D eigenvalue weighted by Crippen LogP contribution is 2.22. The van der Waals surface area contributed by atoms with E-state index in [-0.39, 0.29) is 18.0 Å². The molecule has 0 saturated carbocycles. The number of methoxy groups -OCH3 is 1. The van der Waals surface area contributed by atoms with Crippen molar-refractivity contribution in [2.45, 2.75) is 44.8 Å². The first-order chi connectivity index (χ1) is 14.4. The van der Waals surface area contributed by atoms with Gasteiger partial charge in [0.15, 0.2) is 11.6 Å². The van der Waals surface area contributed by atoms with Gasteiger partial charge in [-0.25, -0.2) is 13.6 Å². The molecule has 1 fully saturated rings. The topological polar surface area (TPSA) is 58.6 Å². The second-order valence-corrected chi connectivity index (χ2v) is 7.57. The first-order valence-corrected chi connectivity index (χ1v) is 10.1. The minimum absolute atomic E-state index is 0.0955. The Hall–Kier alpha value is -2.80. The number of halogens is 2. The molecule has 7 heteroatoms. The number of ether oxygens (including phenoxy) is 1. The van der Waals surface area contributed by atoms with E-state index in [0.29, 0.717) is 24.1 Å². The Morgan fingerprint density at radius 3 is 2.53 bits per heavy atom. The number of carbonyl (C=O) groups excluding carboxylic acids is 2. The number of nitrogens with zero attached hydrogens (tertiary/aromatic N) is 1. The van der Waals surface area contributed by atoms with E-state index < -0.39 is 17.6 Å². The van der Waals surface area contributed by atoms with E-state index in [1.54, 1.807) is 30.3 Å². The lowest BCUT2D eigenvalue weighted by Gasteiger charge is -2.35. The summed E-state index contributed by atoms with van der Waals surface area (Å²) < 4.78 is 31.4. The molecular weight excluding hydrogens is 390 g/mol. The first-order valence-electron chi connectivity index (χ1n) is 10.1. The normalized spacial score (nSPS) is 17.9. The molecule has 1 N–H and O–H groups in total. The Balaban J connectivity index is 1.65. The van der Waals surface area contributed by atoms with Crippen LogP contribution in [0.2, 0.25) is 0 Å². The summed E-state index contributed by atoms with van der Waals surface area (Å²) in [5, 5.41) is 3.03. The van der Waals surface area contributed by atoms with E-state index in [2.05, 4.69) is 5.32 Å². The fourth-order valence-corrected chi connectivity index (χ4v) is 3.77. The number of hydrogen-bond donors (Lipinski definition) is 1. The number of piperidine rings is 1. The van der Waals surface area contributed by atoms with E-state index in [0.717, 1.165) is 31.0 Å². The first kappa shape index (κ1) is 21.9. The fourth-order valence-electron chi connectivity index (χ4n) is 3.77. The lowest BCUT2D eigenvalue weighted by molar-refractivity contribution is -0.128. The van der Waals surface area contributed by atoms with Crippen molar-refractivity contribution in [3.63, 3.8) is 0 Å². The molecule has 0 aromatic heterocycles. The van der Waals surface area contributed by atoms with Crippen molar-refractivity contribution in [2.75, 3.05) is 13.7 Å². The van der Waals surface area contributed by atoms with Crippen molar-refractivity contribution in [1.29, 1.82) is 0 Å². The van der Waals surface area contributed by atoms with Crippen LogP contribution < -0.4 is 5.32 Å². The minimum atomic E-state index is -0.880. The Bertz CT molecular complexity index is 902. The molecule has 5 nitrogen and oxygen atoms in total. The molecule has 30 heavy (non-hydrogen) atoms. The molecule has 0 radical (unpaired) electrons. The maximum atomic E-state index is 13.5. The molecule has 2 atom stereocenters. The van der Waals surface area contributed by atoms with Crippen LogP contribution in [-0.2, 0) is 16.1 Å². The summed E-state index contributed by atoms with van der Waals surface area (Å²) in [7, 11) is 1.33. The zero-order valence-corrected chi connectivity index (χ0v) is 17.2. The maximum Gasteiger partial charge on any atom is 0.337 e. The van der Waals surface area contributed by atoms with E-state index in [1.807, 2.05) is 11.8 Å². The second kappa shape index (κ2) is 9.80. The SMILES string of the molecule is COC(=O)c1ccc([C@H](C)NC(=O)C2CCCCN2Cc2ccc(F)c(F)c2)cc1. The summed E-state index contributed by atoms with van der Waals surface area (Å²) in [5.41, 5.74) is 1.96. The summed E-state index contributed by atoms with van der Waals surface area (Å²) in [6.45, 7) is 2.99. The van der Waals surface area contributed by atoms with Gasteiger partial charge in [0, 0.05) is 6.54 Å². The molecule has 1 heterocycles. The molecule has 0 spiro atoms. The smallest absolute Gasteiger partial charge is 0.337 e. The van der Waals surface area contributed by atoms with Crippen LogP contribution in [0.5, 0.6) is 0 Å². The van der Waals surface area contributed by atoms with Gasteiger partial charge in [0.2, 0.25) is 5.91 Å². The lowest BCUT2D eigenvalue weighted by atomic mass is 9.99. The Labute approximate surface area is 175 Å². The third kappa shape index (κ3) is 5.21. The van der Waals surface area contributed by atoms with Gasteiger partial charge in [0.05, 0.1) is 24.8 Å². The van der Waals surface area contributed by atoms with E-state index in [1.165, 1.54) is 13.2 Å². The van der Waals surface area contributed by atoms with Crippen molar-refractivity contribution >= 4 is 11.9 Å². The molecule has 0 bridgehead atoms. The van der Waals surface area contributed by atoms with Crippen LogP contribution in [-0.4, -0.2) is 36.5 Å². The van der Waals surface area contributed by atoms with Gasteiger partial charge in [-0.05, 0) is 61.7 Å². The standard InChI is InChI=1S/C23H26F2N2O3/c1-15(17-7-9-18(10-8-17)23(29)30-2)26-22(28)21-5-3-4-12-27(21)14-16-6-11-19(24)20(25)13-16/h6-11,13,15,21H,3-5,12,14H2,1-2H3,(H,26,28)/t15-,21?/m0/s1. The van der Waals surface area contributed by atoms with Crippen LogP contribution in [0.25, 0.3) is 0 Å². The fraction of sp³-hybridized carbons (Fsp3) is 0.391. The second-order valence-electron chi connectivity index (χ2n) is 7.57. The van der Waals surface area contributed by atoms with E-state index >= 15 is 0 Å². The number of nitrogens with one attached hydrogen (secondary N) is 1. The highest BCUT2D eigenvalue weighted by molar-refractivity contribution is 5.89. The zero-order valence-electron chi connectivity index (χ0n) is 17.2. The third-order valence-corrected chi connectivity index (χ3v) is 5.48. The summed E-state index contributed by atoms with van der Waals surface area (Å²) in [4.78, 5) is 26.5. The van der Waals surface area contributed by atoms with Crippen LogP contribution >= 0.6 is 0 Å². The van der Waals surface area contributed by atoms with Crippen LogP contribution in [0, 0.1) is 11.6 Å². The van der Waals surface area contributed by atoms with Gasteiger partial charge in [0.25, 0.3) is 0 Å². The molecule has 1 amide bonds. The van der Waals surface area contributed by atoms with Gasteiger partial charge >= 0.3 is 5.97 Å². The highest BCUT2D eigenvalue weighted by Gasteiger charge is 2.29. The van der Waals surface area contributed by atoms with Crippen molar-refractivity contribution in [2.24, 2.45) is 0 Å². The Morgan fingerprint density at radius 1 is 1.13 bits per heavy atom. The number of likely N-dealkylation sites (tertiary alicyclic amines) is 1. The summed E-state index contributed by atoms with van der Waals surface area (Å²) in [6.07, 6.45) is 2.61. The molecule has 0 aliphatic carbocycles. The van der Waals surface area contributed by atoms with Gasteiger partial charge in [-0.2, -0.15) is 0 Å². The number of carbonyl (C=O) groups is 2. The third-order valence-electron chi connectivity index (χ3n) is 5.48. The van der Waals surface area contributed by atoms with Crippen molar-refractivity contribution < 1.29 is 23.1 Å². The Morgan fingerprint density at radius 2 is 1.87 bits per heavy atom.